The van der Waals surface area contributed by atoms with Gasteiger partial charge >= 0.3 is 10.3 Å². The summed E-state index contributed by atoms with van der Waals surface area (Å²) in [6, 6.07) is 16.2. The van der Waals surface area contributed by atoms with Crippen molar-refractivity contribution in [2.24, 2.45) is 0 Å². The van der Waals surface area contributed by atoms with E-state index in [1.807, 2.05) is 30.3 Å². The average Bonchev–Trinajstić information content (AvgIpc) is 2.86. The van der Waals surface area contributed by atoms with Crippen LogP contribution in [0.15, 0.2) is 54.6 Å². The largest absolute Gasteiger partial charge is 0.379 e. The minimum atomic E-state index is -4.49. The zero-order valence-electron chi connectivity index (χ0n) is 12.1. The predicted octanol–water partition coefficient (Wildman–Crippen LogP) is 3.83. The maximum atomic E-state index is 11.6. The van der Waals surface area contributed by atoms with Crippen molar-refractivity contribution in [3.63, 3.8) is 0 Å². The van der Waals surface area contributed by atoms with Gasteiger partial charge in [-0.15, -0.1) is 4.09 Å². The Hall–Kier alpha value is -2.15. The van der Waals surface area contributed by atoms with Crippen LogP contribution >= 0.6 is 11.6 Å². The Labute approximate surface area is 139 Å². The Morgan fingerprint density at radius 1 is 1.04 bits per heavy atom. The van der Waals surface area contributed by atoms with Crippen molar-refractivity contribution in [3.05, 3.63) is 65.3 Å². The van der Waals surface area contributed by atoms with Crippen LogP contribution < -0.4 is 0 Å². The Kier molecular flexibility index (Phi) is 3.97. The Morgan fingerprint density at radius 2 is 1.70 bits per heavy atom. The van der Waals surface area contributed by atoms with Gasteiger partial charge in [-0.2, -0.15) is 13.5 Å². The van der Waals surface area contributed by atoms with Crippen LogP contribution in [-0.2, 0) is 10.3 Å². The van der Waals surface area contributed by atoms with E-state index in [1.54, 1.807) is 31.2 Å². The molecule has 0 aliphatic heterocycles. The molecule has 0 saturated heterocycles. The lowest BCUT2D eigenvalue weighted by atomic mass is 9.99. The first-order valence-electron chi connectivity index (χ1n) is 6.77. The molecule has 7 heteroatoms. The van der Waals surface area contributed by atoms with Crippen LogP contribution in [0.25, 0.3) is 22.4 Å². The highest BCUT2D eigenvalue weighted by molar-refractivity contribution is 7.84. The molecule has 1 heterocycles. The molecular weight excluding hydrogens is 336 g/mol. The van der Waals surface area contributed by atoms with E-state index in [1.165, 1.54) is 0 Å². The van der Waals surface area contributed by atoms with Crippen LogP contribution in [-0.4, -0.2) is 22.2 Å². The molecule has 118 valence electrons. The number of hydrogen-bond donors (Lipinski definition) is 1. The van der Waals surface area contributed by atoms with Crippen LogP contribution in [0.3, 0.4) is 0 Å². The fourth-order valence-corrected chi connectivity index (χ4v) is 3.31. The van der Waals surface area contributed by atoms with Crippen molar-refractivity contribution in [1.29, 1.82) is 0 Å². The van der Waals surface area contributed by atoms with Gasteiger partial charge < -0.3 is 0 Å². The normalized spacial score (nSPS) is 11.6. The van der Waals surface area contributed by atoms with Gasteiger partial charge in [-0.3, -0.25) is 4.55 Å². The van der Waals surface area contributed by atoms with E-state index in [0.29, 0.717) is 31.6 Å². The van der Waals surface area contributed by atoms with Crippen molar-refractivity contribution >= 4 is 21.9 Å². The molecule has 0 radical (unpaired) electrons. The zero-order chi connectivity index (χ0) is 16.6. The standard InChI is InChI=1S/C16H13ClN2O3S/c1-11-15(12-6-3-2-4-7-12)16(18-19(11)23(20,21)22)13-8-5-9-14(17)10-13/h2-10H,1H3,(H,20,21,22). The third kappa shape index (κ3) is 3.01. The quantitative estimate of drug-likeness (QED) is 0.730. The van der Waals surface area contributed by atoms with E-state index in [9.17, 15) is 13.0 Å². The number of nitrogens with zero attached hydrogens (tertiary/aromatic N) is 2. The van der Waals surface area contributed by atoms with Gasteiger partial charge in [0.15, 0.2) is 0 Å². The first kappa shape index (κ1) is 15.7. The summed E-state index contributed by atoms with van der Waals surface area (Å²) in [6.07, 6.45) is 0. The molecule has 0 spiro atoms. The average molecular weight is 349 g/mol. The number of halogens is 1. The van der Waals surface area contributed by atoms with Crippen molar-refractivity contribution in [2.75, 3.05) is 0 Å². The van der Waals surface area contributed by atoms with E-state index < -0.39 is 10.3 Å². The lowest BCUT2D eigenvalue weighted by Crippen LogP contribution is -2.14. The van der Waals surface area contributed by atoms with E-state index in [4.69, 9.17) is 11.6 Å². The highest BCUT2D eigenvalue weighted by Gasteiger charge is 2.23. The van der Waals surface area contributed by atoms with Crippen LogP contribution in [0.4, 0.5) is 0 Å². The third-order valence-corrected chi connectivity index (χ3v) is 4.48. The molecule has 5 nitrogen and oxygen atoms in total. The Balaban J connectivity index is 2.35. The molecule has 0 aliphatic rings. The lowest BCUT2D eigenvalue weighted by molar-refractivity contribution is 0.464. The molecule has 0 fully saturated rings. The van der Waals surface area contributed by atoms with Gasteiger partial charge in [0.25, 0.3) is 0 Å². The first-order valence-corrected chi connectivity index (χ1v) is 8.54. The maximum absolute atomic E-state index is 11.6. The summed E-state index contributed by atoms with van der Waals surface area (Å²) in [6.45, 7) is 1.59. The van der Waals surface area contributed by atoms with Crippen LogP contribution in [0.2, 0.25) is 5.02 Å². The second-order valence-corrected chi connectivity index (χ2v) is 6.68. The van der Waals surface area contributed by atoms with Crippen molar-refractivity contribution in [2.45, 2.75) is 6.92 Å². The lowest BCUT2D eigenvalue weighted by Gasteiger charge is -2.05. The number of benzene rings is 2. The van der Waals surface area contributed by atoms with E-state index in [0.717, 1.165) is 5.56 Å². The number of aromatic nitrogens is 2. The summed E-state index contributed by atoms with van der Waals surface area (Å²) in [7, 11) is -4.49. The van der Waals surface area contributed by atoms with Gasteiger partial charge in [-0.25, -0.2) is 0 Å². The van der Waals surface area contributed by atoms with Crippen LogP contribution in [0.1, 0.15) is 5.69 Å². The molecule has 3 rings (SSSR count). The van der Waals surface area contributed by atoms with E-state index in [-0.39, 0.29) is 0 Å². The molecule has 1 aromatic heterocycles. The molecule has 0 atom stereocenters. The zero-order valence-corrected chi connectivity index (χ0v) is 13.7. The Morgan fingerprint density at radius 3 is 2.30 bits per heavy atom. The monoisotopic (exact) mass is 348 g/mol. The summed E-state index contributed by atoms with van der Waals surface area (Å²) in [5, 5.41) is 4.60. The summed E-state index contributed by atoms with van der Waals surface area (Å²) in [5.74, 6) is 0. The number of rotatable bonds is 3. The third-order valence-electron chi connectivity index (χ3n) is 3.46. The fourth-order valence-electron chi connectivity index (χ4n) is 2.50. The fraction of sp³-hybridized carbons (Fsp3) is 0.0625. The van der Waals surface area contributed by atoms with E-state index >= 15 is 0 Å². The van der Waals surface area contributed by atoms with E-state index in [2.05, 4.69) is 5.10 Å². The van der Waals surface area contributed by atoms with Crippen LogP contribution in [0.5, 0.6) is 0 Å². The molecule has 0 aliphatic carbocycles. The summed E-state index contributed by atoms with van der Waals surface area (Å²) in [5.41, 5.74) is 2.87. The molecule has 0 amide bonds. The molecule has 0 unspecified atom stereocenters. The smallest absolute Gasteiger partial charge is 0.268 e. The first-order chi connectivity index (χ1) is 10.9. The van der Waals surface area contributed by atoms with Gasteiger partial charge in [-0.1, -0.05) is 54.1 Å². The second-order valence-electron chi connectivity index (χ2n) is 5.01. The topological polar surface area (TPSA) is 72.2 Å². The molecule has 2 aromatic carbocycles. The highest BCUT2D eigenvalue weighted by atomic mass is 35.5. The van der Waals surface area contributed by atoms with Crippen molar-refractivity contribution in [3.8, 4) is 22.4 Å². The summed E-state index contributed by atoms with van der Waals surface area (Å²) >= 11 is 6.03. The van der Waals surface area contributed by atoms with Gasteiger partial charge in [-0.05, 0) is 24.6 Å². The minimum Gasteiger partial charge on any atom is -0.268 e. The van der Waals surface area contributed by atoms with Crippen molar-refractivity contribution < 1.29 is 13.0 Å². The van der Waals surface area contributed by atoms with Gasteiger partial charge in [0.2, 0.25) is 0 Å². The van der Waals surface area contributed by atoms with Crippen LogP contribution in [0, 0.1) is 6.92 Å². The Bertz CT molecular complexity index is 966. The number of hydrogen-bond acceptors (Lipinski definition) is 3. The SMILES string of the molecule is Cc1c(-c2ccccc2)c(-c2cccc(Cl)c2)nn1S(=O)(=O)O. The summed E-state index contributed by atoms with van der Waals surface area (Å²) in [4.78, 5) is 0. The van der Waals surface area contributed by atoms with Gasteiger partial charge in [0.05, 0.1) is 5.69 Å². The maximum Gasteiger partial charge on any atom is 0.379 e. The second kappa shape index (κ2) is 5.81. The summed E-state index contributed by atoms with van der Waals surface area (Å²) < 4.78 is 33.2. The molecule has 0 saturated carbocycles. The van der Waals surface area contributed by atoms with Crippen molar-refractivity contribution in [1.82, 2.24) is 9.19 Å². The highest BCUT2D eigenvalue weighted by Crippen LogP contribution is 2.35. The van der Waals surface area contributed by atoms with Gasteiger partial charge in [0, 0.05) is 16.1 Å². The minimum absolute atomic E-state index is 0.327. The molecule has 3 aromatic rings. The molecule has 23 heavy (non-hydrogen) atoms. The molecular formula is C16H13ClN2O3S. The molecule has 1 N–H and O–H groups in total. The molecule has 0 bridgehead atoms. The van der Waals surface area contributed by atoms with Gasteiger partial charge in [0.1, 0.15) is 5.69 Å². The predicted molar refractivity (Wildman–Crippen MR) is 89.8 cm³/mol.